The number of benzene rings is 1. The topological polar surface area (TPSA) is 57.5 Å². The van der Waals surface area contributed by atoms with Gasteiger partial charge >= 0.3 is 0 Å². The molecule has 1 aromatic carbocycles. The minimum atomic E-state index is -0.418. The lowest BCUT2D eigenvalue weighted by Gasteiger charge is -2.17. The Kier molecular flexibility index (Phi) is 3.27. The summed E-state index contributed by atoms with van der Waals surface area (Å²) >= 11 is 0. The minimum Gasteiger partial charge on any atom is -0.508 e. The first-order valence-electron chi connectivity index (χ1n) is 5.27. The van der Waals surface area contributed by atoms with Crippen LogP contribution in [-0.4, -0.2) is 16.0 Å². The molecule has 3 heteroatoms. The van der Waals surface area contributed by atoms with Gasteiger partial charge in [0, 0.05) is 23.0 Å². The third kappa shape index (κ3) is 2.54. The first kappa shape index (κ1) is 12.6. The summed E-state index contributed by atoms with van der Waals surface area (Å²) in [4.78, 5) is 11.8. The van der Waals surface area contributed by atoms with Crippen molar-refractivity contribution < 1.29 is 15.0 Å². The molecule has 0 aliphatic heterocycles. The van der Waals surface area contributed by atoms with Crippen molar-refractivity contribution in [3.05, 3.63) is 23.3 Å². The third-order valence-electron chi connectivity index (χ3n) is 2.67. The molecule has 0 radical (unpaired) electrons. The number of ketones is 1. The number of rotatable bonds is 2. The Morgan fingerprint density at radius 1 is 1.25 bits per heavy atom. The molecule has 0 bridgehead atoms. The zero-order valence-corrected chi connectivity index (χ0v) is 10.2. The van der Waals surface area contributed by atoms with Crippen LogP contribution in [0.4, 0.5) is 0 Å². The quantitative estimate of drug-likeness (QED) is 0.808. The summed E-state index contributed by atoms with van der Waals surface area (Å²) in [5.41, 5.74) is 0.563. The molecule has 88 valence electrons. The fraction of sp³-hybridized carbons (Fsp3) is 0.462. The minimum absolute atomic E-state index is 0.0117. The van der Waals surface area contributed by atoms with Gasteiger partial charge in [-0.1, -0.05) is 26.8 Å². The van der Waals surface area contributed by atoms with Gasteiger partial charge in [-0.2, -0.15) is 0 Å². The second kappa shape index (κ2) is 4.16. The standard InChI is InChI=1S/C13H18O3/c1-8-10(14)6-5-9(12(8)16)7-11(15)13(2,3)4/h5-6,14,16H,7H2,1-4H3. The molecule has 0 heterocycles. The van der Waals surface area contributed by atoms with Crippen molar-refractivity contribution in [2.45, 2.75) is 34.1 Å². The number of phenolic OH excluding ortho intramolecular Hbond substituents is 2. The molecule has 0 amide bonds. The fourth-order valence-corrected chi connectivity index (χ4v) is 1.33. The summed E-state index contributed by atoms with van der Waals surface area (Å²) < 4.78 is 0. The molecule has 0 aromatic heterocycles. The van der Waals surface area contributed by atoms with Crippen LogP contribution in [0.25, 0.3) is 0 Å². The van der Waals surface area contributed by atoms with Gasteiger partial charge in [-0.05, 0) is 13.0 Å². The van der Waals surface area contributed by atoms with Crippen molar-refractivity contribution in [1.29, 1.82) is 0 Å². The molecule has 2 N–H and O–H groups in total. The van der Waals surface area contributed by atoms with E-state index in [2.05, 4.69) is 0 Å². The van der Waals surface area contributed by atoms with Crippen LogP contribution in [0.3, 0.4) is 0 Å². The van der Waals surface area contributed by atoms with Crippen LogP contribution >= 0.6 is 0 Å². The van der Waals surface area contributed by atoms with E-state index in [-0.39, 0.29) is 23.7 Å². The molecule has 0 atom stereocenters. The van der Waals surface area contributed by atoms with Gasteiger partial charge in [-0.15, -0.1) is 0 Å². The molecule has 1 aromatic rings. The Morgan fingerprint density at radius 2 is 1.81 bits per heavy atom. The lowest BCUT2D eigenvalue weighted by molar-refractivity contribution is -0.125. The van der Waals surface area contributed by atoms with Gasteiger partial charge in [0.25, 0.3) is 0 Å². The van der Waals surface area contributed by atoms with E-state index in [1.807, 2.05) is 20.8 Å². The average Bonchev–Trinajstić information content (AvgIpc) is 2.17. The number of Topliss-reactive ketones (excluding diaryl/α,β-unsaturated/α-hetero) is 1. The molecular formula is C13H18O3. The SMILES string of the molecule is Cc1c(O)ccc(CC(=O)C(C)(C)C)c1O. The highest BCUT2D eigenvalue weighted by Gasteiger charge is 2.22. The fourth-order valence-electron chi connectivity index (χ4n) is 1.33. The first-order valence-corrected chi connectivity index (χ1v) is 5.27. The van der Waals surface area contributed by atoms with Crippen LogP contribution in [-0.2, 0) is 11.2 Å². The van der Waals surface area contributed by atoms with E-state index in [1.165, 1.54) is 6.07 Å². The Hall–Kier alpha value is -1.51. The van der Waals surface area contributed by atoms with E-state index in [0.717, 1.165) is 0 Å². The molecule has 0 saturated carbocycles. The predicted octanol–water partition coefficient (Wildman–Crippen LogP) is 2.56. The zero-order chi connectivity index (χ0) is 12.5. The number of carbonyl (C=O) groups excluding carboxylic acids is 1. The first-order chi connectivity index (χ1) is 7.23. The maximum Gasteiger partial charge on any atom is 0.142 e. The van der Waals surface area contributed by atoms with E-state index in [1.54, 1.807) is 13.0 Å². The second-order valence-electron chi connectivity index (χ2n) is 5.07. The van der Waals surface area contributed by atoms with Crippen LogP contribution in [0.1, 0.15) is 31.9 Å². The smallest absolute Gasteiger partial charge is 0.142 e. The van der Waals surface area contributed by atoms with Gasteiger partial charge in [-0.25, -0.2) is 0 Å². The lowest BCUT2D eigenvalue weighted by Crippen LogP contribution is -2.22. The van der Waals surface area contributed by atoms with Gasteiger partial charge in [0.1, 0.15) is 17.3 Å². The molecule has 16 heavy (non-hydrogen) atoms. The van der Waals surface area contributed by atoms with E-state index >= 15 is 0 Å². The molecular weight excluding hydrogens is 204 g/mol. The normalized spacial score (nSPS) is 11.5. The molecule has 0 aliphatic carbocycles. The van der Waals surface area contributed by atoms with Crippen LogP contribution in [0, 0.1) is 12.3 Å². The maximum absolute atomic E-state index is 11.8. The summed E-state index contributed by atoms with van der Waals surface area (Å²) in [5.74, 6) is 0.120. The molecule has 0 aliphatic rings. The molecule has 1 rings (SSSR count). The van der Waals surface area contributed by atoms with Crippen LogP contribution in [0.2, 0.25) is 0 Å². The van der Waals surface area contributed by atoms with Crippen molar-refractivity contribution >= 4 is 5.78 Å². The lowest BCUT2D eigenvalue weighted by atomic mass is 9.86. The highest BCUT2D eigenvalue weighted by molar-refractivity contribution is 5.86. The monoisotopic (exact) mass is 222 g/mol. The van der Waals surface area contributed by atoms with Crippen LogP contribution in [0.5, 0.6) is 11.5 Å². The van der Waals surface area contributed by atoms with Crippen molar-refractivity contribution in [3.63, 3.8) is 0 Å². The van der Waals surface area contributed by atoms with Gasteiger partial charge in [0.15, 0.2) is 0 Å². The molecule has 0 fully saturated rings. The number of hydrogen-bond donors (Lipinski definition) is 2. The highest BCUT2D eigenvalue weighted by Crippen LogP contribution is 2.31. The summed E-state index contributed by atoms with van der Waals surface area (Å²) in [6, 6.07) is 3.08. The van der Waals surface area contributed by atoms with Crippen LogP contribution < -0.4 is 0 Å². The summed E-state index contributed by atoms with van der Waals surface area (Å²) in [6.07, 6.45) is 0.191. The Labute approximate surface area is 95.7 Å². The van der Waals surface area contributed by atoms with Crippen molar-refractivity contribution in [2.75, 3.05) is 0 Å². The highest BCUT2D eigenvalue weighted by atomic mass is 16.3. The maximum atomic E-state index is 11.8. The predicted molar refractivity (Wildman–Crippen MR) is 62.7 cm³/mol. The van der Waals surface area contributed by atoms with Gasteiger partial charge in [0.2, 0.25) is 0 Å². The third-order valence-corrected chi connectivity index (χ3v) is 2.67. The second-order valence-corrected chi connectivity index (χ2v) is 5.07. The van der Waals surface area contributed by atoms with Gasteiger partial charge < -0.3 is 10.2 Å². The van der Waals surface area contributed by atoms with Crippen molar-refractivity contribution in [3.8, 4) is 11.5 Å². The van der Waals surface area contributed by atoms with Gasteiger partial charge in [-0.3, -0.25) is 4.79 Å². The zero-order valence-electron chi connectivity index (χ0n) is 10.2. The van der Waals surface area contributed by atoms with E-state index < -0.39 is 5.41 Å². The van der Waals surface area contributed by atoms with Crippen molar-refractivity contribution in [1.82, 2.24) is 0 Å². The van der Waals surface area contributed by atoms with Crippen LogP contribution in [0.15, 0.2) is 12.1 Å². The number of carbonyl (C=O) groups is 1. The van der Waals surface area contributed by atoms with E-state index in [4.69, 9.17) is 0 Å². The Balaban J connectivity index is 3.00. The van der Waals surface area contributed by atoms with Gasteiger partial charge in [0.05, 0.1) is 0 Å². The number of hydrogen-bond acceptors (Lipinski definition) is 3. The Bertz CT molecular complexity index is 414. The molecule has 0 saturated heterocycles. The molecule has 0 spiro atoms. The summed E-state index contributed by atoms with van der Waals surface area (Å²) in [7, 11) is 0. The number of phenols is 2. The summed E-state index contributed by atoms with van der Waals surface area (Å²) in [5, 5.41) is 19.2. The summed E-state index contributed by atoms with van der Waals surface area (Å²) in [6.45, 7) is 7.16. The Morgan fingerprint density at radius 3 is 2.31 bits per heavy atom. The molecule has 3 nitrogen and oxygen atoms in total. The van der Waals surface area contributed by atoms with E-state index in [9.17, 15) is 15.0 Å². The van der Waals surface area contributed by atoms with Crippen molar-refractivity contribution in [2.24, 2.45) is 5.41 Å². The largest absolute Gasteiger partial charge is 0.508 e. The average molecular weight is 222 g/mol. The number of aromatic hydroxyl groups is 2. The molecule has 0 unspecified atom stereocenters. The van der Waals surface area contributed by atoms with E-state index in [0.29, 0.717) is 11.1 Å².